The fourth-order valence-electron chi connectivity index (χ4n) is 2.86. The zero-order valence-corrected chi connectivity index (χ0v) is 13.2. The zero-order chi connectivity index (χ0) is 16.4. The van der Waals surface area contributed by atoms with Gasteiger partial charge in [-0.25, -0.2) is 4.98 Å². The number of carbonyl (C=O) groups is 1. The molecule has 3 heterocycles. The topological polar surface area (TPSA) is 86.0 Å². The predicted molar refractivity (Wildman–Crippen MR) is 90.9 cm³/mol. The summed E-state index contributed by atoms with van der Waals surface area (Å²) in [6, 6.07) is 9.23. The lowest BCUT2D eigenvalue weighted by Gasteiger charge is -2.25. The van der Waals surface area contributed by atoms with E-state index in [2.05, 4.69) is 25.2 Å². The van der Waals surface area contributed by atoms with E-state index >= 15 is 0 Å². The van der Waals surface area contributed by atoms with Crippen molar-refractivity contribution in [3.05, 3.63) is 48.0 Å². The van der Waals surface area contributed by atoms with Gasteiger partial charge < -0.3 is 20.0 Å². The van der Waals surface area contributed by atoms with E-state index in [1.807, 2.05) is 18.2 Å². The number of H-pyrrole nitrogens is 2. The molecule has 24 heavy (non-hydrogen) atoms. The van der Waals surface area contributed by atoms with Crippen molar-refractivity contribution in [3.63, 3.8) is 0 Å². The van der Waals surface area contributed by atoms with Crippen LogP contribution in [0, 0.1) is 0 Å². The third-order valence-corrected chi connectivity index (χ3v) is 4.11. The highest BCUT2D eigenvalue weighted by atomic mass is 16.5. The summed E-state index contributed by atoms with van der Waals surface area (Å²) >= 11 is 0. The standard InChI is InChI=1S/C17H19N5O2/c23-17(14-2-1-5-18-14)19-12-3-4-13-15(10-12)21-16(20-13)11-22-6-8-24-9-7-22/h1-5,10,18H,6-9,11H2,(H,19,23)(H,20,21). The Morgan fingerprint density at radius 1 is 1.29 bits per heavy atom. The van der Waals surface area contributed by atoms with Gasteiger partial charge >= 0.3 is 0 Å². The molecule has 0 bridgehead atoms. The number of anilines is 1. The molecule has 0 unspecified atom stereocenters. The van der Waals surface area contributed by atoms with Crippen LogP contribution < -0.4 is 5.32 Å². The first-order valence-electron chi connectivity index (χ1n) is 8.01. The second kappa shape index (κ2) is 6.46. The maximum atomic E-state index is 12.1. The van der Waals surface area contributed by atoms with E-state index in [9.17, 15) is 4.79 Å². The minimum atomic E-state index is -0.160. The molecule has 124 valence electrons. The molecule has 1 aromatic carbocycles. The number of morpholine rings is 1. The van der Waals surface area contributed by atoms with Crippen LogP contribution in [0.3, 0.4) is 0 Å². The number of nitrogens with one attached hydrogen (secondary N) is 3. The third kappa shape index (κ3) is 3.17. The zero-order valence-electron chi connectivity index (χ0n) is 13.2. The summed E-state index contributed by atoms with van der Waals surface area (Å²) in [6.07, 6.45) is 1.73. The van der Waals surface area contributed by atoms with Crippen LogP contribution in [0.1, 0.15) is 16.3 Å². The minimum Gasteiger partial charge on any atom is -0.379 e. The number of ether oxygens (including phenoxy) is 1. The largest absolute Gasteiger partial charge is 0.379 e. The fourth-order valence-corrected chi connectivity index (χ4v) is 2.86. The molecule has 1 aliphatic rings. The molecule has 2 aromatic heterocycles. The lowest BCUT2D eigenvalue weighted by atomic mass is 10.2. The van der Waals surface area contributed by atoms with Gasteiger partial charge in [0.05, 0.1) is 30.8 Å². The van der Waals surface area contributed by atoms with Crippen molar-refractivity contribution in [1.29, 1.82) is 0 Å². The lowest BCUT2D eigenvalue weighted by molar-refractivity contribution is 0.0332. The monoisotopic (exact) mass is 325 g/mol. The van der Waals surface area contributed by atoms with E-state index < -0.39 is 0 Å². The van der Waals surface area contributed by atoms with E-state index in [1.54, 1.807) is 18.3 Å². The summed E-state index contributed by atoms with van der Waals surface area (Å²) in [7, 11) is 0. The van der Waals surface area contributed by atoms with Crippen LogP contribution >= 0.6 is 0 Å². The van der Waals surface area contributed by atoms with Gasteiger partial charge in [-0.15, -0.1) is 0 Å². The maximum Gasteiger partial charge on any atom is 0.272 e. The average Bonchev–Trinajstić information content (AvgIpc) is 3.24. The Morgan fingerprint density at radius 3 is 2.96 bits per heavy atom. The number of rotatable bonds is 4. The normalized spacial score (nSPS) is 15.7. The molecule has 7 nitrogen and oxygen atoms in total. The average molecular weight is 325 g/mol. The van der Waals surface area contributed by atoms with Crippen LogP contribution in [0.5, 0.6) is 0 Å². The van der Waals surface area contributed by atoms with Crippen LogP contribution in [-0.2, 0) is 11.3 Å². The molecule has 7 heteroatoms. The van der Waals surface area contributed by atoms with E-state index in [-0.39, 0.29) is 5.91 Å². The molecule has 0 radical (unpaired) electrons. The molecule has 4 rings (SSSR count). The minimum absolute atomic E-state index is 0.160. The highest BCUT2D eigenvalue weighted by Crippen LogP contribution is 2.18. The molecule has 0 spiro atoms. The van der Waals surface area contributed by atoms with Gasteiger partial charge in [0.15, 0.2) is 0 Å². The van der Waals surface area contributed by atoms with Gasteiger partial charge in [0.1, 0.15) is 11.5 Å². The van der Waals surface area contributed by atoms with E-state index in [4.69, 9.17) is 4.74 Å². The number of hydrogen-bond donors (Lipinski definition) is 3. The maximum absolute atomic E-state index is 12.1. The molecule has 1 saturated heterocycles. The van der Waals surface area contributed by atoms with Crippen LogP contribution in [0.4, 0.5) is 5.69 Å². The molecular weight excluding hydrogens is 306 g/mol. The Bertz CT molecular complexity index is 834. The predicted octanol–water partition coefficient (Wildman–Crippen LogP) is 1.98. The van der Waals surface area contributed by atoms with Gasteiger partial charge in [-0.1, -0.05) is 0 Å². The van der Waals surface area contributed by atoms with Gasteiger partial charge in [0.25, 0.3) is 5.91 Å². The van der Waals surface area contributed by atoms with Crippen LogP contribution in [0.2, 0.25) is 0 Å². The highest BCUT2D eigenvalue weighted by molar-refractivity contribution is 6.03. The van der Waals surface area contributed by atoms with Crippen molar-refractivity contribution in [2.45, 2.75) is 6.54 Å². The van der Waals surface area contributed by atoms with Gasteiger partial charge in [0.2, 0.25) is 0 Å². The SMILES string of the molecule is O=C(Nc1ccc2nc(CN3CCOCC3)[nH]c2c1)c1ccc[nH]1. The number of benzene rings is 1. The van der Waals surface area contributed by atoms with Crippen LogP contribution in [0.15, 0.2) is 36.5 Å². The molecule has 1 fully saturated rings. The van der Waals surface area contributed by atoms with E-state index in [1.165, 1.54) is 0 Å². The van der Waals surface area contributed by atoms with Gasteiger partial charge in [-0.05, 0) is 30.3 Å². The molecule has 0 saturated carbocycles. The Labute approximate surface area is 139 Å². The number of fused-ring (bicyclic) bond motifs is 1. The summed E-state index contributed by atoms with van der Waals surface area (Å²) in [5, 5.41) is 2.88. The number of carbonyl (C=O) groups excluding carboxylic acids is 1. The first kappa shape index (κ1) is 14.9. The van der Waals surface area contributed by atoms with Crippen LogP contribution in [0.25, 0.3) is 11.0 Å². The second-order valence-corrected chi connectivity index (χ2v) is 5.84. The Kier molecular flexibility index (Phi) is 4.02. The summed E-state index contributed by atoms with van der Waals surface area (Å²) in [6.45, 7) is 4.18. The number of imidazole rings is 1. The Morgan fingerprint density at radius 2 is 2.17 bits per heavy atom. The third-order valence-electron chi connectivity index (χ3n) is 4.11. The summed E-state index contributed by atoms with van der Waals surface area (Å²) in [4.78, 5) is 25.3. The summed E-state index contributed by atoms with van der Waals surface area (Å²) in [5.74, 6) is 0.771. The molecule has 3 N–H and O–H groups in total. The fraction of sp³-hybridized carbons (Fsp3) is 0.294. The van der Waals surface area contributed by atoms with Crippen molar-refractivity contribution in [2.75, 3.05) is 31.6 Å². The lowest BCUT2D eigenvalue weighted by Crippen LogP contribution is -2.35. The molecule has 1 amide bonds. The number of aromatic nitrogens is 3. The van der Waals surface area contributed by atoms with Gasteiger partial charge in [-0.3, -0.25) is 9.69 Å². The summed E-state index contributed by atoms with van der Waals surface area (Å²) < 4.78 is 5.36. The first-order valence-corrected chi connectivity index (χ1v) is 8.01. The van der Waals surface area contributed by atoms with E-state index in [0.29, 0.717) is 5.69 Å². The Balaban J connectivity index is 1.49. The molecule has 0 atom stereocenters. The smallest absolute Gasteiger partial charge is 0.272 e. The van der Waals surface area contributed by atoms with Crippen molar-refractivity contribution >= 4 is 22.6 Å². The van der Waals surface area contributed by atoms with Crippen LogP contribution in [-0.4, -0.2) is 52.1 Å². The molecule has 0 aliphatic carbocycles. The molecular formula is C17H19N5O2. The highest BCUT2D eigenvalue weighted by Gasteiger charge is 2.13. The van der Waals surface area contributed by atoms with Gasteiger partial charge in [0, 0.05) is 25.0 Å². The van der Waals surface area contributed by atoms with Crippen molar-refractivity contribution < 1.29 is 9.53 Å². The first-order chi connectivity index (χ1) is 11.8. The number of hydrogen-bond acceptors (Lipinski definition) is 4. The number of nitrogens with zero attached hydrogens (tertiary/aromatic N) is 2. The van der Waals surface area contributed by atoms with Gasteiger partial charge in [-0.2, -0.15) is 0 Å². The second-order valence-electron chi connectivity index (χ2n) is 5.84. The number of aromatic amines is 2. The quantitative estimate of drug-likeness (QED) is 0.684. The van der Waals surface area contributed by atoms with Crippen molar-refractivity contribution in [2.24, 2.45) is 0 Å². The molecule has 1 aliphatic heterocycles. The Hall–Kier alpha value is -2.64. The van der Waals surface area contributed by atoms with Crippen molar-refractivity contribution in [3.8, 4) is 0 Å². The summed E-state index contributed by atoms with van der Waals surface area (Å²) in [5.41, 5.74) is 3.09. The number of amides is 1. The molecule has 3 aromatic rings. The van der Waals surface area contributed by atoms with E-state index in [0.717, 1.165) is 55.4 Å². The van der Waals surface area contributed by atoms with Crippen molar-refractivity contribution in [1.82, 2.24) is 19.9 Å².